The van der Waals surface area contributed by atoms with Crippen molar-refractivity contribution in [1.29, 1.82) is 10.5 Å². The Bertz CT molecular complexity index is 1400. The number of fused-ring (bicyclic) bond motifs is 3. The predicted octanol–water partition coefficient (Wildman–Crippen LogP) is 2.15. The number of likely N-dealkylation sites (tertiary alicyclic amines) is 2. The first kappa shape index (κ1) is 25.7. The molecule has 1 saturated carbocycles. The number of nitrogens with zero attached hydrogens (tertiary/aromatic N) is 6. The lowest BCUT2D eigenvalue weighted by Crippen LogP contribution is -2.52. The molecule has 2 saturated heterocycles. The van der Waals surface area contributed by atoms with Crippen molar-refractivity contribution in [3.05, 3.63) is 17.8 Å². The largest absolute Gasteiger partial charge is 0.367 e. The second kappa shape index (κ2) is 10.2. The van der Waals surface area contributed by atoms with Crippen LogP contribution in [0.3, 0.4) is 0 Å². The van der Waals surface area contributed by atoms with Crippen LogP contribution in [0.2, 0.25) is 0 Å². The molecule has 2 aromatic heterocycles. The van der Waals surface area contributed by atoms with Gasteiger partial charge in [-0.15, -0.1) is 0 Å². The van der Waals surface area contributed by atoms with E-state index in [4.69, 9.17) is 5.10 Å². The number of hydrogen-bond acceptors (Lipinski definition) is 7. The predicted molar refractivity (Wildman–Crippen MR) is 143 cm³/mol. The number of aromatic amines is 1. The molecule has 3 fully saturated rings. The number of rotatable bonds is 4. The fourth-order valence-electron chi connectivity index (χ4n) is 5.99. The van der Waals surface area contributed by atoms with Gasteiger partial charge in [0.05, 0.1) is 23.9 Å². The number of anilines is 2. The Morgan fingerprint density at radius 2 is 1.85 bits per heavy atom. The lowest BCUT2D eigenvalue weighted by molar-refractivity contribution is -0.136. The van der Waals surface area contributed by atoms with E-state index < -0.39 is 23.9 Å². The van der Waals surface area contributed by atoms with E-state index in [-0.39, 0.29) is 18.0 Å². The second-order valence-electron chi connectivity index (χ2n) is 11.2. The first-order valence-electron chi connectivity index (χ1n) is 13.9. The van der Waals surface area contributed by atoms with Gasteiger partial charge >= 0.3 is 17.8 Å². The van der Waals surface area contributed by atoms with Gasteiger partial charge in [0, 0.05) is 43.5 Å². The zero-order valence-electron chi connectivity index (χ0n) is 22.3. The summed E-state index contributed by atoms with van der Waals surface area (Å²) in [5.41, 5.74) is 2.47. The van der Waals surface area contributed by atoms with Crippen molar-refractivity contribution in [3.63, 3.8) is 0 Å². The van der Waals surface area contributed by atoms with Crippen molar-refractivity contribution >= 4 is 29.5 Å². The van der Waals surface area contributed by atoms with Crippen LogP contribution in [-0.4, -0.2) is 74.1 Å². The Kier molecular flexibility index (Phi) is 6.58. The lowest BCUT2D eigenvalue weighted by atomic mass is 9.92. The van der Waals surface area contributed by atoms with Crippen LogP contribution in [0.25, 0.3) is 11.3 Å². The molecule has 40 heavy (non-hydrogen) atoms. The first-order chi connectivity index (χ1) is 19.4. The summed E-state index contributed by atoms with van der Waals surface area (Å²) in [6.07, 6.45) is 5.64. The number of carbonyl (C=O) groups is 3. The van der Waals surface area contributed by atoms with Crippen molar-refractivity contribution in [2.75, 3.05) is 30.3 Å². The van der Waals surface area contributed by atoms with Crippen LogP contribution in [0, 0.1) is 34.5 Å². The van der Waals surface area contributed by atoms with Gasteiger partial charge in [-0.05, 0) is 50.0 Å². The number of urea groups is 1. The van der Waals surface area contributed by atoms with Gasteiger partial charge in [0.1, 0.15) is 17.9 Å². The van der Waals surface area contributed by atoms with Gasteiger partial charge in [-0.3, -0.25) is 19.2 Å². The lowest BCUT2D eigenvalue weighted by Gasteiger charge is -2.40. The molecule has 4 N–H and O–H groups in total. The quantitative estimate of drug-likeness (QED) is 0.426. The average Bonchev–Trinajstić information content (AvgIpc) is 3.34. The summed E-state index contributed by atoms with van der Waals surface area (Å²) in [5.74, 6) is 0.286. The third-order valence-electron chi connectivity index (χ3n) is 8.55. The van der Waals surface area contributed by atoms with Crippen LogP contribution in [-0.2, 0) is 16.1 Å². The topological polar surface area (TPSA) is 175 Å². The molecule has 0 unspecified atom stereocenters. The standard InChI is InChI=1S/C27H32N10O3/c1-15-7-9-35(27(40)36-17(10-28)4-5-18(36)11-29)14-21(15)37-22-19-6-8-30-23(19)31-13-20(22)24(34-37)33-26(39)25(38)32-12-16-2-3-16/h6,8,15-18,21,30-31H,2-5,7,9,12-14H2,1H3,(H,32,38)(H,33,34,39)/t15-,17-,18+,21+/m1/s1. The number of piperidine rings is 1. The molecule has 4 amide bonds. The second-order valence-corrected chi connectivity index (χ2v) is 11.2. The highest BCUT2D eigenvalue weighted by atomic mass is 16.2. The van der Waals surface area contributed by atoms with E-state index in [9.17, 15) is 24.9 Å². The summed E-state index contributed by atoms with van der Waals surface area (Å²) < 4.78 is 1.87. The molecular weight excluding hydrogens is 512 g/mol. The Hall–Kier alpha value is -4.52. The molecule has 0 spiro atoms. The normalized spacial score (nSPS) is 25.2. The van der Waals surface area contributed by atoms with E-state index in [1.54, 1.807) is 4.90 Å². The maximum Gasteiger partial charge on any atom is 0.322 e. The summed E-state index contributed by atoms with van der Waals surface area (Å²) >= 11 is 0. The minimum atomic E-state index is -0.763. The number of nitrogens with one attached hydrogen (secondary N) is 4. The SMILES string of the molecule is C[C@@H]1CCN(C(=O)N2[C@H](C#N)CC[C@@H]2C#N)C[C@@H]1n1nc(NC(=O)C(=O)NCC2CC2)c2c1-c1cc[nH]c1NC2. The third kappa shape index (κ3) is 4.51. The number of carbonyl (C=O) groups excluding carboxylic acids is 3. The van der Waals surface area contributed by atoms with Gasteiger partial charge in [-0.2, -0.15) is 15.6 Å². The maximum absolute atomic E-state index is 13.6. The molecule has 5 heterocycles. The summed E-state index contributed by atoms with van der Waals surface area (Å²) in [5, 5.41) is 32.7. The van der Waals surface area contributed by atoms with E-state index >= 15 is 0 Å². The minimum absolute atomic E-state index is 0.146. The number of aromatic nitrogens is 3. The Morgan fingerprint density at radius 1 is 1.10 bits per heavy atom. The zero-order valence-corrected chi connectivity index (χ0v) is 22.3. The molecule has 2 aromatic rings. The summed E-state index contributed by atoms with van der Waals surface area (Å²) in [6, 6.07) is 4.51. The summed E-state index contributed by atoms with van der Waals surface area (Å²) in [6.45, 7) is 3.84. The molecule has 6 rings (SSSR count). The fourth-order valence-corrected chi connectivity index (χ4v) is 5.99. The molecular formula is C27H32N10O3. The van der Waals surface area contributed by atoms with Gasteiger partial charge < -0.3 is 25.8 Å². The fraction of sp³-hybridized carbons (Fsp3) is 0.556. The minimum Gasteiger partial charge on any atom is -0.367 e. The molecule has 1 aliphatic carbocycles. The molecule has 4 atom stereocenters. The van der Waals surface area contributed by atoms with Crippen LogP contribution in [0.15, 0.2) is 12.3 Å². The molecule has 0 radical (unpaired) electrons. The van der Waals surface area contributed by atoms with Gasteiger partial charge in [0.15, 0.2) is 5.82 Å². The van der Waals surface area contributed by atoms with Gasteiger partial charge in [-0.1, -0.05) is 6.92 Å². The van der Waals surface area contributed by atoms with Crippen LogP contribution in [0.4, 0.5) is 16.4 Å². The number of nitriles is 2. The molecule has 208 valence electrons. The van der Waals surface area contributed by atoms with Crippen LogP contribution < -0.4 is 16.0 Å². The van der Waals surface area contributed by atoms with E-state index in [0.29, 0.717) is 57.2 Å². The molecule has 0 bridgehead atoms. The van der Waals surface area contributed by atoms with Crippen LogP contribution in [0.5, 0.6) is 0 Å². The van der Waals surface area contributed by atoms with Crippen molar-refractivity contribution in [2.24, 2.45) is 11.8 Å². The number of amides is 4. The van der Waals surface area contributed by atoms with E-state index in [2.05, 4.69) is 40.0 Å². The van der Waals surface area contributed by atoms with Crippen LogP contribution in [0.1, 0.15) is 50.6 Å². The van der Waals surface area contributed by atoms with Gasteiger partial charge in [0.2, 0.25) is 0 Å². The number of hydrogen-bond donors (Lipinski definition) is 4. The third-order valence-corrected chi connectivity index (χ3v) is 8.55. The highest BCUT2D eigenvalue weighted by Crippen LogP contribution is 2.42. The number of H-pyrrole nitrogens is 1. The van der Waals surface area contributed by atoms with Crippen molar-refractivity contribution in [1.82, 2.24) is 29.9 Å². The Balaban J connectivity index is 1.29. The Labute approximate surface area is 231 Å². The van der Waals surface area contributed by atoms with Gasteiger partial charge in [0.25, 0.3) is 0 Å². The maximum atomic E-state index is 13.6. The summed E-state index contributed by atoms with van der Waals surface area (Å²) in [7, 11) is 0. The molecule has 13 nitrogen and oxygen atoms in total. The first-order valence-corrected chi connectivity index (χ1v) is 13.9. The molecule has 13 heteroatoms. The van der Waals surface area contributed by atoms with E-state index in [1.807, 2.05) is 16.9 Å². The average molecular weight is 545 g/mol. The van der Waals surface area contributed by atoms with Crippen molar-refractivity contribution in [2.45, 2.75) is 63.7 Å². The molecule has 0 aromatic carbocycles. The smallest absolute Gasteiger partial charge is 0.322 e. The molecule has 3 aliphatic heterocycles. The van der Waals surface area contributed by atoms with Gasteiger partial charge in [-0.25, -0.2) is 4.79 Å². The molecule has 4 aliphatic rings. The summed E-state index contributed by atoms with van der Waals surface area (Å²) in [4.78, 5) is 45.1. The van der Waals surface area contributed by atoms with E-state index in [1.165, 1.54) is 4.90 Å². The zero-order chi connectivity index (χ0) is 28.0. The van der Waals surface area contributed by atoms with E-state index in [0.717, 1.165) is 35.5 Å². The Morgan fingerprint density at radius 3 is 2.55 bits per heavy atom. The van der Waals surface area contributed by atoms with Crippen molar-refractivity contribution < 1.29 is 14.4 Å². The highest BCUT2D eigenvalue weighted by molar-refractivity contribution is 6.39. The van der Waals surface area contributed by atoms with Crippen molar-refractivity contribution in [3.8, 4) is 23.4 Å². The monoisotopic (exact) mass is 544 g/mol. The van der Waals surface area contributed by atoms with Crippen LogP contribution >= 0.6 is 0 Å². The highest BCUT2D eigenvalue weighted by Gasteiger charge is 2.42.